The van der Waals surface area contributed by atoms with Gasteiger partial charge in [-0.15, -0.1) is 0 Å². The zero-order chi connectivity index (χ0) is 20.8. The Hall–Kier alpha value is -2.12. The van der Waals surface area contributed by atoms with Crippen LogP contribution in [0, 0.1) is 5.92 Å². The number of para-hydroxylation sites is 1. The fraction of sp³-hybridized carbons (Fsp3) is 0.652. The van der Waals surface area contributed by atoms with Crippen LogP contribution in [0.2, 0.25) is 0 Å². The van der Waals surface area contributed by atoms with Crippen LogP contribution in [-0.4, -0.2) is 68.4 Å². The number of carbonyl (C=O) groups is 1. The van der Waals surface area contributed by atoms with Crippen LogP contribution in [0.1, 0.15) is 38.5 Å². The maximum absolute atomic E-state index is 11.9. The summed E-state index contributed by atoms with van der Waals surface area (Å²) in [5.74, 6) is 1.89. The predicted molar refractivity (Wildman–Crippen MR) is 118 cm³/mol. The molecule has 7 heteroatoms. The van der Waals surface area contributed by atoms with E-state index in [9.17, 15) is 4.79 Å². The zero-order valence-corrected chi connectivity index (χ0v) is 18.0. The van der Waals surface area contributed by atoms with Gasteiger partial charge in [-0.05, 0) is 56.7 Å². The van der Waals surface area contributed by atoms with E-state index in [0.717, 1.165) is 61.7 Å². The molecule has 30 heavy (non-hydrogen) atoms. The number of benzene rings is 1. The van der Waals surface area contributed by atoms with E-state index in [1.807, 2.05) is 18.2 Å². The maximum Gasteiger partial charge on any atom is 0.222 e. The third kappa shape index (κ3) is 5.32. The smallest absolute Gasteiger partial charge is 0.222 e. The van der Waals surface area contributed by atoms with E-state index in [1.165, 1.54) is 25.8 Å². The van der Waals surface area contributed by atoms with Gasteiger partial charge in [0.2, 0.25) is 5.91 Å². The number of carbonyl (C=O) groups excluding carboxylic acids is 1. The molecule has 0 spiro atoms. The first-order valence-corrected chi connectivity index (χ1v) is 11.3. The van der Waals surface area contributed by atoms with Crippen LogP contribution < -0.4 is 10.2 Å². The number of anilines is 1. The van der Waals surface area contributed by atoms with Gasteiger partial charge in [-0.3, -0.25) is 9.69 Å². The van der Waals surface area contributed by atoms with Crippen molar-refractivity contribution in [2.45, 2.75) is 44.6 Å². The molecule has 0 unspecified atom stereocenters. The van der Waals surface area contributed by atoms with Gasteiger partial charge in [0.25, 0.3) is 0 Å². The molecule has 1 aromatic carbocycles. The van der Waals surface area contributed by atoms with Crippen molar-refractivity contribution in [2.24, 2.45) is 5.92 Å². The van der Waals surface area contributed by atoms with Crippen molar-refractivity contribution in [3.05, 3.63) is 24.3 Å². The SMILES string of the molecule is COCCC(=O)N[C@H]1CC[C@H](CCN2CCN(c3noc4ccccc34)CC2)CC1. The number of piperazine rings is 1. The monoisotopic (exact) mass is 414 g/mol. The summed E-state index contributed by atoms with van der Waals surface area (Å²) >= 11 is 0. The van der Waals surface area contributed by atoms with E-state index in [1.54, 1.807) is 7.11 Å². The molecule has 0 atom stereocenters. The number of ether oxygens (including phenoxy) is 1. The van der Waals surface area contributed by atoms with E-state index in [2.05, 4.69) is 26.3 Å². The van der Waals surface area contributed by atoms with Crippen molar-refractivity contribution in [1.29, 1.82) is 0 Å². The average molecular weight is 415 g/mol. The zero-order valence-electron chi connectivity index (χ0n) is 18.0. The summed E-state index contributed by atoms with van der Waals surface area (Å²) in [6, 6.07) is 8.44. The summed E-state index contributed by atoms with van der Waals surface area (Å²) in [6.07, 6.45) is 6.39. The minimum atomic E-state index is 0.123. The van der Waals surface area contributed by atoms with Crippen LogP contribution in [-0.2, 0) is 9.53 Å². The van der Waals surface area contributed by atoms with Crippen molar-refractivity contribution in [3.8, 4) is 0 Å². The number of nitrogens with zero attached hydrogens (tertiary/aromatic N) is 3. The summed E-state index contributed by atoms with van der Waals surface area (Å²) in [4.78, 5) is 16.8. The van der Waals surface area contributed by atoms with Gasteiger partial charge >= 0.3 is 0 Å². The number of hydrogen-bond acceptors (Lipinski definition) is 6. The average Bonchev–Trinajstić information content (AvgIpc) is 3.22. The second-order valence-corrected chi connectivity index (χ2v) is 8.65. The molecule has 1 N–H and O–H groups in total. The highest BCUT2D eigenvalue weighted by molar-refractivity contribution is 5.88. The van der Waals surface area contributed by atoms with Crippen LogP contribution in [0.25, 0.3) is 11.0 Å². The molecular weight excluding hydrogens is 380 g/mol. The first-order valence-electron chi connectivity index (χ1n) is 11.3. The molecule has 164 valence electrons. The van der Waals surface area contributed by atoms with Gasteiger partial charge in [-0.2, -0.15) is 0 Å². The van der Waals surface area contributed by atoms with Crippen LogP contribution in [0.4, 0.5) is 5.82 Å². The first kappa shape index (κ1) is 21.1. The third-order valence-corrected chi connectivity index (χ3v) is 6.63. The molecule has 0 bridgehead atoms. The van der Waals surface area contributed by atoms with Crippen LogP contribution in [0.15, 0.2) is 28.8 Å². The molecule has 2 aromatic rings. The maximum atomic E-state index is 11.9. The molecule has 1 aliphatic heterocycles. The molecule has 2 heterocycles. The van der Waals surface area contributed by atoms with E-state index in [4.69, 9.17) is 9.26 Å². The minimum Gasteiger partial charge on any atom is -0.384 e. The lowest BCUT2D eigenvalue weighted by molar-refractivity contribution is -0.122. The highest BCUT2D eigenvalue weighted by atomic mass is 16.5. The summed E-state index contributed by atoms with van der Waals surface area (Å²) in [5, 5.41) is 8.57. The number of amides is 1. The van der Waals surface area contributed by atoms with Gasteiger partial charge in [0.05, 0.1) is 12.0 Å². The third-order valence-electron chi connectivity index (χ3n) is 6.63. The predicted octanol–water partition coefficient (Wildman–Crippen LogP) is 3.05. The van der Waals surface area contributed by atoms with Crippen molar-refractivity contribution >= 4 is 22.7 Å². The van der Waals surface area contributed by atoms with Crippen LogP contribution in [0.5, 0.6) is 0 Å². The van der Waals surface area contributed by atoms with Gasteiger partial charge in [0, 0.05) is 45.8 Å². The molecule has 2 aliphatic rings. The molecule has 7 nitrogen and oxygen atoms in total. The lowest BCUT2D eigenvalue weighted by atomic mass is 9.84. The Morgan fingerprint density at radius 2 is 1.93 bits per heavy atom. The van der Waals surface area contributed by atoms with E-state index in [-0.39, 0.29) is 5.91 Å². The second kappa shape index (κ2) is 10.3. The molecule has 1 saturated heterocycles. The number of rotatable bonds is 8. The normalized spacial score (nSPS) is 23.0. The number of methoxy groups -OCH3 is 1. The molecule has 4 rings (SSSR count). The minimum absolute atomic E-state index is 0.123. The number of fused-ring (bicyclic) bond motifs is 1. The lowest BCUT2D eigenvalue weighted by Gasteiger charge is -2.36. The summed E-state index contributed by atoms with van der Waals surface area (Å²) < 4.78 is 10.4. The molecule has 1 aliphatic carbocycles. The summed E-state index contributed by atoms with van der Waals surface area (Å²) in [5.41, 5.74) is 0.861. The Labute approximate surface area is 178 Å². The Morgan fingerprint density at radius 1 is 1.17 bits per heavy atom. The van der Waals surface area contributed by atoms with E-state index in [0.29, 0.717) is 19.1 Å². The fourth-order valence-electron chi connectivity index (χ4n) is 4.74. The van der Waals surface area contributed by atoms with E-state index >= 15 is 0 Å². The van der Waals surface area contributed by atoms with Gasteiger partial charge in [-0.25, -0.2) is 0 Å². The van der Waals surface area contributed by atoms with Gasteiger partial charge in [0.1, 0.15) is 0 Å². The van der Waals surface area contributed by atoms with Crippen molar-refractivity contribution < 1.29 is 14.1 Å². The molecule has 1 amide bonds. The van der Waals surface area contributed by atoms with Gasteiger partial charge in [-0.1, -0.05) is 17.3 Å². The van der Waals surface area contributed by atoms with Crippen LogP contribution >= 0.6 is 0 Å². The van der Waals surface area contributed by atoms with E-state index < -0.39 is 0 Å². The molecule has 0 radical (unpaired) electrons. The summed E-state index contributed by atoms with van der Waals surface area (Å²) in [6.45, 7) is 5.82. The van der Waals surface area contributed by atoms with Crippen molar-refractivity contribution in [2.75, 3.05) is 51.3 Å². The fourth-order valence-corrected chi connectivity index (χ4v) is 4.74. The Balaban J connectivity index is 1.15. The number of aromatic nitrogens is 1. The second-order valence-electron chi connectivity index (χ2n) is 8.65. The Morgan fingerprint density at radius 3 is 2.70 bits per heavy atom. The topological polar surface area (TPSA) is 70.8 Å². The largest absolute Gasteiger partial charge is 0.384 e. The molecule has 1 aromatic heterocycles. The summed E-state index contributed by atoms with van der Waals surface area (Å²) in [7, 11) is 1.63. The molecule has 1 saturated carbocycles. The Bertz CT molecular complexity index is 808. The van der Waals surface area contributed by atoms with Gasteiger partial charge in [0.15, 0.2) is 11.4 Å². The Kier molecular flexibility index (Phi) is 7.23. The van der Waals surface area contributed by atoms with Gasteiger partial charge < -0.3 is 19.5 Å². The molecular formula is C23H34N4O3. The van der Waals surface area contributed by atoms with Crippen molar-refractivity contribution in [3.63, 3.8) is 0 Å². The quantitative estimate of drug-likeness (QED) is 0.716. The van der Waals surface area contributed by atoms with Crippen molar-refractivity contribution in [1.82, 2.24) is 15.4 Å². The highest BCUT2D eigenvalue weighted by Crippen LogP contribution is 2.29. The standard InChI is InChI=1S/C23H34N4O3/c1-29-17-11-22(28)24-19-8-6-18(7-9-19)10-12-26-13-15-27(16-14-26)23-20-4-2-3-5-21(20)30-25-23/h2-5,18-19H,6-17H2,1H3,(H,24,28)/t18-,19-. The first-order chi connectivity index (χ1) is 14.7. The van der Waals surface area contributed by atoms with Crippen LogP contribution in [0.3, 0.4) is 0 Å². The lowest BCUT2D eigenvalue weighted by Crippen LogP contribution is -2.47. The number of nitrogens with one attached hydrogen (secondary N) is 1. The molecule has 2 fully saturated rings. The highest BCUT2D eigenvalue weighted by Gasteiger charge is 2.25. The number of hydrogen-bond donors (Lipinski definition) is 1.